The molecule has 1 amide bonds. The first-order valence-corrected chi connectivity index (χ1v) is 8.96. The lowest BCUT2D eigenvalue weighted by atomic mass is 10.0. The summed E-state index contributed by atoms with van der Waals surface area (Å²) < 4.78 is 0. The van der Waals surface area contributed by atoms with Crippen LogP contribution in [-0.2, 0) is 6.42 Å². The second-order valence-electron chi connectivity index (χ2n) is 7.32. The number of fused-ring (bicyclic) bond motifs is 2. The van der Waals surface area contributed by atoms with E-state index in [-0.39, 0.29) is 5.91 Å². The monoisotopic (exact) mass is 323 g/mol. The van der Waals surface area contributed by atoms with Crippen molar-refractivity contribution in [2.45, 2.75) is 32.7 Å². The van der Waals surface area contributed by atoms with E-state index < -0.39 is 0 Å². The molecule has 2 aliphatic rings. The Balaban J connectivity index is 1.71. The first kappa shape index (κ1) is 15.6. The number of likely N-dealkylation sites (tertiary alicyclic amines) is 2. The van der Waals surface area contributed by atoms with Crippen LogP contribution in [0.15, 0.2) is 24.3 Å². The molecule has 4 heteroatoms. The van der Waals surface area contributed by atoms with Crippen LogP contribution in [0.5, 0.6) is 0 Å². The van der Waals surface area contributed by atoms with Gasteiger partial charge in [-0.15, -0.1) is 0 Å². The van der Waals surface area contributed by atoms with E-state index in [1.165, 1.54) is 12.0 Å². The summed E-state index contributed by atoms with van der Waals surface area (Å²) in [5.41, 5.74) is 3.90. The molecule has 2 aromatic rings. The molecule has 0 N–H and O–H groups in total. The van der Waals surface area contributed by atoms with Gasteiger partial charge in [-0.3, -0.25) is 9.78 Å². The Hall–Kier alpha value is -1.94. The van der Waals surface area contributed by atoms with Gasteiger partial charge in [0.05, 0.1) is 11.1 Å². The van der Waals surface area contributed by atoms with Crippen molar-refractivity contribution in [2.75, 3.05) is 26.7 Å². The van der Waals surface area contributed by atoms with Gasteiger partial charge in [-0.05, 0) is 63.0 Å². The standard InChI is InChI=1S/C20H25N3O/c1-4-14-5-6-18-16(10-14)17(9-13(2)21-18)20(24)23-11-15-7-8-22(3)19(15)12-23/h5-6,9-10,15,19H,4,7-8,11-12H2,1-3H3/t15-,19+/m0/s1. The number of benzene rings is 1. The molecule has 2 fully saturated rings. The first-order chi connectivity index (χ1) is 11.6. The molecule has 1 aromatic heterocycles. The summed E-state index contributed by atoms with van der Waals surface area (Å²) in [5.74, 6) is 0.806. The van der Waals surface area contributed by atoms with E-state index in [0.717, 1.165) is 48.2 Å². The molecule has 2 atom stereocenters. The van der Waals surface area contributed by atoms with Crippen molar-refractivity contribution < 1.29 is 4.79 Å². The SMILES string of the molecule is CCc1ccc2nc(C)cc(C(=O)N3C[C@@H]4CCN(C)[C@@H]4C3)c2c1. The van der Waals surface area contributed by atoms with Crippen LogP contribution in [-0.4, -0.2) is 53.4 Å². The highest BCUT2D eigenvalue weighted by Crippen LogP contribution is 2.32. The molecular formula is C20H25N3O. The molecule has 2 saturated heterocycles. The summed E-state index contributed by atoms with van der Waals surface area (Å²) in [6.45, 7) is 7.02. The molecule has 3 heterocycles. The number of aromatic nitrogens is 1. The molecule has 0 saturated carbocycles. The van der Waals surface area contributed by atoms with Gasteiger partial charge in [0.15, 0.2) is 0 Å². The minimum atomic E-state index is 0.168. The molecular weight excluding hydrogens is 298 g/mol. The maximum absolute atomic E-state index is 13.2. The van der Waals surface area contributed by atoms with Crippen LogP contribution in [0.1, 0.15) is 35.0 Å². The highest BCUT2D eigenvalue weighted by atomic mass is 16.2. The summed E-state index contributed by atoms with van der Waals surface area (Å²) in [6, 6.07) is 8.79. The van der Waals surface area contributed by atoms with Gasteiger partial charge < -0.3 is 9.80 Å². The third-order valence-corrected chi connectivity index (χ3v) is 5.75. The second-order valence-corrected chi connectivity index (χ2v) is 7.32. The molecule has 4 rings (SSSR count). The first-order valence-electron chi connectivity index (χ1n) is 8.96. The molecule has 0 bridgehead atoms. The fourth-order valence-corrected chi connectivity index (χ4v) is 4.31. The maximum atomic E-state index is 13.2. The van der Waals surface area contributed by atoms with Crippen molar-refractivity contribution in [1.82, 2.24) is 14.8 Å². The Kier molecular flexibility index (Phi) is 3.80. The van der Waals surface area contributed by atoms with Gasteiger partial charge in [0, 0.05) is 30.2 Å². The highest BCUT2D eigenvalue weighted by molar-refractivity contribution is 6.06. The van der Waals surface area contributed by atoms with Crippen LogP contribution >= 0.6 is 0 Å². The lowest BCUT2D eigenvalue weighted by Gasteiger charge is -2.21. The lowest BCUT2D eigenvalue weighted by molar-refractivity contribution is 0.0776. The fraction of sp³-hybridized carbons (Fsp3) is 0.500. The van der Waals surface area contributed by atoms with Gasteiger partial charge in [0.1, 0.15) is 0 Å². The number of rotatable bonds is 2. The van der Waals surface area contributed by atoms with E-state index in [0.29, 0.717) is 12.0 Å². The Morgan fingerprint density at radius 1 is 1.29 bits per heavy atom. The fourth-order valence-electron chi connectivity index (χ4n) is 4.31. The van der Waals surface area contributed by atoms with Gasteiger partial charge in [-0.1, -0.05) is 13.0 Å². The van der Waals surface area contributed by atoms with Crippen molar-refractivity contribution in [3.8, 4) is 0 Å². The van der Waals surface area contributed by atoms with Crippen LogP contribution in [0.3, 0.4) is 0 Å². The Morgan fingerprint density at radius 3 is 2.88 bits per heavy atom. The maximum Gasteiger partial charge on any atom is 0.254 e. The number of amides is 1. The molecule has 24 heavy (non-hydrogen) atoms. The van der Waals surface area contributed by atoms with Crippen LogP contribution in [0.25, 0.3) is 10.9 Å². The molecule has 0 aliphatic carbocycles. The van der Waals surface area contributed by atoms with Crippen LogP contribution in [0.2, 0.25) is 0 Å². The number of likely N-dealkylation sites (N-methyl/N-ethyl adjacent to an activating group) is 1. The number of carbonyl (C=O) groups excluding carboxylic acids is 1. The van der Waals surface area contributed by atoms with E-state index >= 15 is 0 Å². The van der Waals surface area contributed by atoms with Crippen molar-refractivity contribution in [3.05, 3.63) is 41.1 Å². The lowest BCUT2D eigenvalue weighted by Crippen LogP contribution is -2.35. The van der Waals surface area contributed by atoms with E-state index in [9.17, 15) is 4.79 Å². The summed E-state index contributed by atoms with van der Waals surface area (Å²) in [4.78, 5) is 22.3. The van der Waals surface area contributed by atoms with Crippen LogP contribution in [0.4, 0.5) is 0 Å². The van der Waals surface area contributed by atoms with E-state index in [2.05, 4.69) is 40.9 Å². The average molecular weight is 323 g/mol. The number of nitrogens with zero attached hydrogens (tertiary/aromatic N) is 3. The minimum Gasteiger partial charge on any atom is -0.337 e. The molecule has 126 valence electrons. The summed E-state index contributed by atoms with van der Waals surface area (Å²) in [5, 5.41) is 0.996. The normalized spacial score (nSPS) is 23.9. The third kappa shape index (κ3) is 2.49. The minimum absolute atomic E-state index is 0.168. The van der Waals surface area contributed by atoms with Crippen molar-refractivity contribution in [3.63, 3.8) is 0 Å². The largest absolute Gasteiger partial charge is 0.337 e. The van der Waals surface area contributed by atoms with Crippen molar-refractivity contribution >= 4 is 16.8 Å². The number of pyridine rings is 1. The van der Waals surface area contributed by atoms with E-state index in [1.807, 2.05) is 19.1 Å². The Labute approximate surface area is 143 Å². The van der Waals surface area contributed by atoms with Crippen molar-refractivity contribution in [2.24, 2.45) is 5.92 Å². The smallest absolute Gasteiger partial charge is 0.254 e. The second kappa shape index (κ2) is 5.85. The molecule has 1 aromatic carbocycles. The number of aryl methyl sites for hydroxylation is 2. The summed E-state index contributed by atoms with van der Waals surface area (Å²) in [7, 11) is 2.18. The van der Waals surface area contributed by atoms with Gasteiger partial charge in [0.2, 0.25) is 0 Å². The predicted octanol–water partition coefficient (Wildman–Crippen LogP) is 2.88. The summed E-state index contributed by atoms with van der Waals surface area (Å²) >= 11 is 0. The molecule has 0 unspecified atom stereocenters. The molecule has 2 aliphatic heterocycles. The van der Waals surface area contributed by atoms with Gasteiger partial charge >= 0.3 is 0 Å². The van der Waals surface area contributed by atoms with Crippen LogP contribution in [0, 0.1) is 12.8 Å². The zero-order chi connectivity index (χ0) is 16.8. The average Bonchev–Trinajstić information content (AvgIpc) is 3.15. The van der Waals surface area contributed by atoms with Gasteiger partial charge in [0.25, 0.3) is 5.91 Å². The quantitative estimate of drug-likeness (QED) is 0.853. The molecule has 0 radical (unpaired) electrons. The van der Waals surface area contributed by atoms with Gasteiger partial charge in [-0.25, -0.2) is 0 Å². The number of hydrogen-bond donors (Lipinski definition) is 0. The Morgan fingerprint density at radius 2 is 2.12 bits per heavy atom. The van der Waals surface area contributed by atoms with Crippen molar-refractivity contribution in [1.29, 1.82) is 0 Å². The van der Waals surface area contributed by atoms with E-state index in [4.69, 9.17) is 0 Å². The molecule has 4 nitrogen and oxygen atoms in total. The number of hydrogen-bond acceptors (Lipinski definition) is 3. The van der Waals surface area contributed by atoms with E-state index in [1.54, 1.807) is 0 Å². The predicted molar refractivity (Wildman–Crippen MR) is 96.3 cm³/mol. The number of carbonyl (C=O) groups is 1. The molecule has 0 spiro atoms. The zero-order valence-electron chi connectivity index (χ0n) is 14.7. The third-order valence-electron chi connectivity index (χ3n) is 5.75. The zero-order valence-corrected chi connectivity index (χ0v) is 14.7. The highest BCUT2D eigenvalue weighted by Gasteiger charge is 2.41. The Bertz CT molecular complexity index is 801. The summed E-state index contributed by atoms with van der Waals surface area (Å²) in [6.07, 6.45) is 2.18. The van der Waals surface area contributed by atoms with Gasteiger partial charge in [-0.2, -0.15) is 0 Å². The topological polar surface area (TPSA) is 36.4 Å². The van der Waals surface area contributed by atoms with Crippen LogP contribution < -0.4 is 0 Å².